The van der Waals surface area contributed by atoms with Gasteiger partial charge in [-0.1, -0.05) is 45.9 Å². The largest absolute Gasteiger partial charge is 0.387 e. The molecule has 1 aromatic rings. The summed E-state index contributed by atoms with van der Waals surface area (Å²) >= 11 is 3.96. The molecule has 1 aliphatic rings. The molecule has 0 saturated heterocycles. The van der Waals surface area contributed by atoms with Gasteiger partial charge in [-0.3, -0.25) is 0 Å². The average molecular weight is 445 g/mol. The molecule has 120 valence electrons. The molecule has 0 radical (unpaired) electrons. The van der Waals surface area contributed by atoms with E-state index in [1.54, 1.807) is 0 Å². The van der Waals surface area contributed by atoms with Gasteiger partial charge < -0.3 is 5.32 Å². The first-order chi connectivity index (χ1) is 10.7. The molecule has 0 aromatic carbocycles. The monoisotopic (exact) mass is 445 g/mol. The van der Waals surface area contributed by atoms with E-state index in [0.29, 0.717) is 0 Å². The van der Waals surface area contributed by atoms with Crippen LogP contribution in [0.4, 0.5) is 0 Å². The first kappa shape index (κ1) is 18.0. The van der Waals surface area contributed by atoms with Crippen LogP contribution in [0.1, 0.15) is 43.4 Å². The van der Waals surface area contributed by atoms with Crippen LogP contribution in [0.2, 0.25) is 0 Å². The molecule has 1 unspecified atom stereocenters. The normalized spacial score (nSPS) is 20.2. The molecule has 0 saturated carbocycles. The summed E-state index contributed by atoms with van der Waals surface area (Å²) in [5.74, 6) is 0. The highest BCUT2D eigenvalue weighted by molar-refractivity contribution is 14.2. The third-order valence-corrected chi connectivity index (χ3v) is 8.92. The third-order valence-electron chi connectivity index (χ3n) is 3.24. The zero-order valence-electron chi connectivity index (χ0n) is 13.4. The van der Waals surface area contributed by atoms with Gasteiger partial charge in [-0.05, 0) is 49.0 Å². The second-order valence-electron chi connectivity index (χ2n) is 5.05. The van der Waals surface area contributed by atoms with Crippen LogP contribution in [-0.4, -0.2) is 15.8 Å². The number of thiophene rings is 1. The Kier molecular flexibility index (Phi) is 7.97. The van der Waals surface area contributed by atoms with Gasteiger partial charge in [0.2, 0.25) is 0 Å². The van der Waals surface area contributed by atoms with Gasteiger partial charge in [0.15, 0.2) is 0 Å². The Bertz CT molecular complexity index is 596. The zero-order chi connectivity index (χ0) is 15.8. The molecule has 4 heteroatoms. The lowest BCUT2D eigenvalue weighted by atomic mass is 10.2. The summed E-state index contributed by atoms with van der Waals surface area (Å²) in [6.45, 7) is 7.50. The van der Waals surface area contributed by atoms with E-state index < -0.39 is 0 Å². The second-order valence-corrected chi connectivity index (χ2v) is 10.3. The number of hydrogen-bond acceptors (Lipinski definition) is 3. The molecule has 0 aliphatic carbocycles. The van der Waals surface area contributed by atoms with Crippen molar-refractivity contribution in [3.05, 3.63) is 46.3 Å². The van der Waals surface area contributed by atoms with Crippen molar-refractivity contribution >= 4 is 56.3 Å². The number of halogens is 1. The van der Waals surface area contributed by atoms with E-state index in [2.05, 4.69) is 47.5 Å². The molecule has 1 N–H and O–H groups in total. The Morgan fingerprint density at radius 3 is 3.00 bits per heavy atom. The molecule has 1 aliphatic heterocycles. The minimum atomic E-state index is -0.0280. The maximum Gasteiger partial charge on any atom is 0.0409 e. The molecule has 0 amide bonds. The lowest BCUT2D eigenvalue weighted by molar-refractivity contribution is 0.830. The SMILES string of the molecule is C/C=C(\I=CCN/C=C/C)c1ccc(C2=CCCC(C)S2)s1. The van der Waals surface area contributed by atoms with Gasteiger partial charge in [0, 0.05) is 30.0 Å². The number of hydrogen-bond donors (Lipinski definition) is 1. The van der Waals surface area contributed by atoms with E-state index in [1.807, 2.05) is 42.3 Å². The quantitative estimate of drug-likeness (QED) is 0.410. The first-order valence-electron chi connectivity index (χ1n) is 7.68. The van der Waals surface area contributed by atoms with Gasteiger partial charge in [-0.2, -0.15) is 0 Å². The van der Waals surface area contributed by atoms with Crippen LogP contribution in [0.25, 0.3) is 8.48 Å². The van der Waals surface area contributed by atoms with Crippen molar-refractivity contribution < 1.29 is 0 Å². The Morgan fingerprint density at radius 2 is 2.27 bits per heavy atom. The Hall–Kier alpha value is -0.330. The smallest absolute Gasteiger partial charge is 0.0409 e. The van der Waals surface area contributed by atoms with Crippen molar-refractivity contribution in [3.63, 3.8) is 0 Å². The lowest BCUT2D eigenvalue weighted by Crippen LogP contribution is -2.06. The van der Waals surface area contributed by atoms with Crippen molar-refractivity contribution in [2.75, 3.05) is 6.54 Å². The Morgan fingerprint density at radius 1 is 1.41 bits per heavy atom. The van der Waals surface area contributed by atoms with Gasteiger partial charge in [-0.25, -0.2) is 0 Å². The molecule has 0 bridgehead atoms. The van der Waals surface area contributed by atoms with E-state index in [-0.39, 0.29) is 20.7 Å². The average Bonchev–Trinajstić information content (AvgIpc) is 3.01. The van der Waals surface area contributed by atoms with Gasteiger partial charge in [0.25, 0.3) is 0 Å². The number of allylic oxidation sites excluding steroid dienone is 3. The molecule has 2 rings (SSSR count). The first-order valence-corrected chi connectivity index (χ1v) is 11.7. The van der Waals surface area contributed by atoms with Crippen LogP contribution in [0.5, 0.6) is 0 Å². The summed E-state index contributed by atoms with van der Waals surface area (Å²) in [5.41, 5.74) is 0. The Balaban J connectivity index is 2.04. The van der Waals surface area contributed by atoms with Crippen molar-refractivity contribution in [2.24, 2.45) is 0 Å². The minimum Gasteiger partial charge on any atom is -0.387 e. The van der Waals surface area contributed by atoms with E-state index >= 15 is 0 Å². The van der Waals surface area contributed by atoms with E-state index in [0.717, 1.165) is 11.8 Å². The van der Waals surface area contributed by atoms with Crippen molar-refractivity contribution in [2.45, 2.75) is 38.9 Å². The fraction of sp³-hybridized carbons (Fsp3) is 0.389. The third kappa shape index (κ3) is 5.39. The molecule has 0 fully saturated rings. The standard InChI is InChI=1S/C18H24INS2/c1-4-12-20-13-11-19-15(5-2)16-9-10-18(22-16)17-8-6-7-14(3)21-17/h4-5,8-12,14,20H,6-7,13H2,1-3H3/b12-4+,15-5-. The Labute approximate surface area is 152 Å². The van der Waals surface area contributed by atoms with Gasteiger partial charge in [0.05, 0.1) is 0 Å². The summed E-state index contributed by atoms with van der Waals surface area (Å²) in [7, 11) is 0. The van der Waals surface area contributed by atoms with E-state index in [4.69, 9.17) is 0 Å². The van der Waals surface area contributed by atoms with Crippen LogP contribution in [0.3, 0.4) is 0 Å². The van der Waals surface area contributed by atoms with Crippen molar-refractivity contribution in [1.29, 1.82) is 0 Å². The lowest BCUT2D eigenvalue weighted by Gasteiger charge is -2.17. The molecule has 1 aromatic heterocycles. The molecule has 0 spiro atoms. The maximum absolute atomic E-state index is 3.28. The molecule has 1 atom stereocenters. The van der Waals surface area contributed by atoms with Gasteiger partial charge in [-0.15, -0.1) is 23.1 Å². The van der Waals surface area contributed by atoms with Gasteiger partial charge >= 0.3 is 0 Å². The second kappa shape index (κ2) is 9.73. The summed E-state index contributed by atoms with van der Waals surface area (Å²) in [6, 6.07) is 4.62. The summed E-state index contributed by atoms with van der Waals surface area (Å²) < 4.78 is 3.94. The zero-order valence-corrected chi connectivity index (χ0v) is 17.2. The fourth-order valence-electron chi connectivity index (χ4n) is 2.14. The van der Waals surface area contributed by atoms with Crippen LogP contribution in [0.15, 0.2) is 36.6 Å². The summed E-state index contributed by atoms with van der Waals surface area (Å²) in [5, 5.41) is 4.04. The van der Waals surface area contributed by atoms with Crippen molar-refractivity contribution in [3.8, 4) is 0 Å². The van der Waals surface area contributed by atoms with Crippen molar-refractivity contribution in [1.82, 2.24) is 5.32 Å². The number of thioether (sulfide) groups is 1. The highest BCUT2D eigenvalue weighted by Crippen LogP contribution is 2.42. The van der Waals surface area contributed by atoms with Crippen LogP contribution >= 0.6 is 43.8 Å². The van der Waals surface area contributed by atoms with E-state index in [9.17, 15) is 0 Å². The highest BCUT2D eigenvalue weighted by Gasteiger charge is 2.15. The predicted octanol–water partition coefficient (Wildman–Crippen LogP) is 6.26. The summed E-state index contributed by atoms with van der Waals surface area (Å²) in [6.07, 6.45) is 11.3. The van der Waals surface area contributed by atoms with Crippen LogP contribution in [0, 0.1) is 0 Å². The van der Waals surface area contributed by atoms with Gasteiger partial charge in [0.1, 0.15) is 0 Å². The maximum atomic E-state index is 3.28. The summed E-state index contributed by atoms with van der Waals surface area (Å²) in [4.78, 5) is 4.39. The molecular weight excluding hydrogens is 421 g/mol. The molecular formula is C18H24INS2. The molecule has 1 nitrogen and oxygen atoms in total. The molecule has 2 heterocycles. The fourth-order valence-corrected chi connectivity index (χ4v) is 6.83. The number of rotatable bonds is 6. The molecule has 22 heavy (non-hydrogen) atoms. The highest BCUT2D eigenvalue weighted by atomic mass is 127. The number of nitrogens with one attached hydrogen (secondary N) is 1. The minimum absolute atomic E-state index is 0.0280. The van der Waals surface area contributed by atoms with Crippen LogP contribution < -0.4 is 5.32 Å². The topological polar surface area (TPSA) is 12.0 Å². The van der Waals surface area contributed by atoms with Crippen LogP contribution in [-0.2, 0) is 0 Å². The van der Waals surface area contributed by atoms with E-state index in [1.165, 1.54) is 31.1 Å². The predicted molar refractivity (Wildman–Crippen MR) is 115 cm³/mol.